The van der Waals surface area contributed by atoms with Crippen molar-refractivity contribution in [2.75, 3.05) is 31.6 Å². The zero-order valence-corrected chi connectivity index (χ0v) is 17.3. The van der Waals surface area contributed by atoms with Crippen LogP contribution in [0.1, 0.15) is 13.3 Å². The number of anilines is 1. The van der Waals surface area contributed by atoms with Crippen molar-refractivity contribution in [2.45, 2.75) is 18.2 Å². The van der Waals surface area contributed by atoms with E-state index in [0.717, 1.165) is 0 Å². The average Bonchev–Trinajstić information content (AvgIpc) is 2.72. The lowest BCUT2D eigenvalue weighted by molar-refractivity contribution is -0.384. The Morgan fingerprint density at radius 2 is 1.77 bits per heavy atom. The van der Waals surface area contributed by atoms with Crippen LogP contribution in [0.4, 0.5) is 11.4 Å². The molecule has 0 unspecified atom stereocenters. The first kappa shape index (κ1) is 23.1. The first-order valence-electron chi connectivity index (χ1n) is 9.30. The van der Waals surface area contributed by atoms with Gasteiger partial charge in [-0.05, 0) is 37.3 Å². The minimum atomic E-state index is -3.72. The normalized spacial score (nSPS) is 11.0. The number of nitro groups is 1. The highest BCUT2D eigenvalue weighted by molar-refractivity contribution is 7.89. The van der Waals surface area contributed by atoms with Crippen LogP contribution in [0.15, 0.2) is 53.4 Å². The minimum absolute atomic E-state index is 0.0399. The van der Waals surface area contributed by atoms with E-state index in [1.54, 1.807) is 30.3 Å². The number of nitrogens with one attached hydrogen (secondary N) is 3. The molecule has 0 saturated heterocycles. The van der Waals surface area contributed by atoms with Gasteiger partial charge in [0.15, 0.2) is 0 Å². The van der Waals surface area contributed by atoms with Crippen LogP contribution in [0.3, 0.4) is 0 Å². The first-order chi connectivity index (χ1) is 14.3. The van der Waals surface area contributed by atoms with Crippen molar-refractivity contribution in [1.82, 2.24) is 10.0 Å². The van der Waals surface area contributed by atoms with Gasteiger partial charge in [-0.15, -0.1) is 0 Å². The number of para-hydroxylation sites is 2. The smallest absolute Gasteiger partial charge is 0.292 e. The highest BCUT2D eigenvalue weighted by Crippen LogP contribution is 2.22. The SMILES string of the molecule is CCOc1ccc(S(=O)(=O)NCCC(=O)NCCNc2ccccc2[N+](=O)[O-])cc1. The number of nitrogens with zero attached hydrogens (tertiary/aromatic N) is 1. The van der Waals surface area contributed by atoms with Crippen LogP contribution < -0.4 is 20.1 Å². The van der Waals surface area contributed by atoms with Crippen LogP contribution >= 0.6 is 0 Å². The monoisotopic (exact) mass is 436 g/mol. The van der Waals surface area contributed by atoms with E-state index < -0.39 is 14.9 Å². The maximum absolute atomic E-state index is 12.2. The molecule has 0 atom stereocenters. The second-order valence-electron chi connectivity index (χ2n) is 6.10. The molecule has 0 aliphatic rings. The fraction of sp³-hybridized carbons (Fsp3) is 0.316. The molecule has 0 radical (unpaired) electrons. The summed E-state index contributed by atoms with van der Waals surface area (Å²) < 4.78 is 32.1. The van der Waals surface area contributed by atoms with Gasteiger partial charge in [-0.3, -0.25) is 14.9 Å². The zero-order chi connectivity index (χ0) is 22.0. The van der Waals surface area contributed by atoms with Crippen molar-refractivity contribution in [3.8, 4) is 5.75 Å². The molecule has 11 heteroatoms. The second kappa shape index (κ2) is 11.1. The van der Waals surface area contributed by atoms with E-state index in [1.807, 2.05) is 6.92 Å². The van der Waals surface area contributed by atoms with E-state index >= 15 is 0 Å². The third kappa shape index (κ3) is 7.01. The Bertz CT molecular complexity index is 963. The Morgan fingerprint density at radius 1 is 1.07 bits per heavy atom. The summed E-state index contributed by atoms with van der Waals surface area (Å²) in [5, 5.41) is 16.5. The summed E-state index contributed by atoms with van der Waals surface area (Å²) in [5.41, 5.74) is 0.312. The van der Waals surface area contributed by atoms with Gasteiger partial charge < -0.3 is 15.4 Å². The molecule has 0 saturated carbocycles. The number of rotatable bonds is 12. The largest absolute Gasteiger partial charge is 0.494 e. The van der Waals surface area contributed by atoms with Crippen LogP contribution in [0, 0.1) is 10.1 Å². The van der Waals surface area contributed by atoms with Gasteiger partial charge >= 0.3 is 0 Å². The Morgan fingerprint density at radius 3 is 2.43 bits per heavy atom. The van der Waals surface area contributed by atoms with Crippen LogP contribution in [0.25, 0.3) is 0 Å². The molecule has 0 bridgehead atoms. The number of hydrogen-bond donors (Lipinski definition) is 3. The Labute approximate surface area is 174 Å². The molecule has 0 aromatic heterocycles. The summed E-state index contributed by atoms with van der Waals surface area (Å²) in [6.45, 7) is 2.78. The molecule has 0 heterocycles. The fourth-order valence-corrected chi connectivity index (χ4v) is 3.57. The van der Waals surface area contributed by atoms with E-state index in [-0.39, 0.29) is 42.5 Å². The number of sulfonamides is 1. The third-order valence-corrected chi connectivity index (χ3v) is 5.43. The molecule has 2 rings (SSSR count). The number of carbonyl (C=O) groups is 1. The number of carbonyl (C=O) groups excluding carboxylic acids is 1. The molecule has 0 aliphatic carbocycles. The molecule has 0 spiro atoms. The fourth-order valence-electron chi connectivity index (χ4n) is 2.53. The molecule has 30 heavy (non-hydrogen) atoms. The molecule has 10 nitrogen and oxygen atoms in total. The van der Waals surface area contributed by atoms with Crippen LogP contribution in [0.5, 0.6) is 5.75 Å². The van der Waals surface area contributed by atoms with Crippen LogP contribution in [0.2, 0.25) is 0 Å². The maximum atomic E-state index is 12.2. The van der Waals surface area contributed by atoms with Gasteiger partial charge in [-0.1, -0.05) is 12.1 Å². The summed E-state index contributed by atoms with van der Waals surface area (Å²) >= 11 is 0. The summed E-state index contributed by atoms with van der Waals surface area (Å²) in [5.74, 6) is 0.235. The van der Waals surface area contributed by atoms with Gasteiger partial charge in [-0.25, -0.2) is 13.1 Å². The maximum Gasteiger partial charge on any atom is 0.292 e. The Balaban J connectivity index is 1.71. The van der Waals surface area contributed by atoms with Gasteiger partial charge in [0.1, 0.15) is 11.4 Å². The van der Waals surface area contributed by atoms with Crippen molar-refractivity contribution in [3.63, 3.8) is 0 Å². The predicted octanol–water partition coefficient (Wildman–Crippen LogP) is 1.89. The van der Waals surface area contributed by atoms with E-state index in [1.165, 1.54) is 18.2 Å². The van der Waals surface area contributed by atoms with E-state index in [2.05, 4.69) is 15.4 Å². The lowest BCUT2D eigenvalue weighted by Gasteiger charge is -2.10. The summed E-state index contributed by atoms with van der Waals surface area (Å²) in [4.78, 5) is 22.4. The quantitative estimate of drug-likeness (QED) is 0.262. The lowest BCUT2D eigenvalue weighted by Crippen LogP contribution is -2.33. The highest BCUT2D eigenvalue weighted by Gasteiger charge is 2.14. The molecule has 162 valence electrons. The van der Waals surface area contributed by atoms with Crippen LogP contribution in [-0.4, -0.2) is 45.5 Å². The molecule has 1 amide bonds. The van der Waals surface area contributed by atoms with Gasteiger partial charge in [0.2, 0.25) is 15.9 Å². The molecule has 2 aromatic carbocycles. The predicted molar refractivity (Wildman–Crippen MR) is 112 cm³/mol. The van der Waals surface area contributed by atoms with E-state index in [9.17, 15) is 23.3 Å². The zero-order valence-electron chi connectivity index (χ0n) is 16.5. The number of amides is 1. The van der Waals surface area contributed by atoms with Crippen molar-refractivity contribution >= 4 is 27.3 Å². The molecule has 0 fully saturated rings. The van der Waals surface area contributed by atoms with Gasteiger partial charge in [0.05, 0.1) is 16.4 Å². The van der Waals surface area contributed by atoms with E-state index in [4.69, 9.17) is 4.74 Å². The van der Waals surface area contributed by atoms with E-state index in [0.29, 0.717) is 18.0 Å². The Kier molecular flexibility index (Phi) is 8.56. The van der Waals surface area contributed by atoms with Crippen molar-refractivity contribution in [3.05, 3.63) is 58.6 Å². The number of benzene rings is 2. The van der Waals surface area contributed by atoms with Crippen LogP contribution in [-0.2, 0) is 14.8 Å². The van der Waals surface area contributed by atoms with Gasteiger partial charge in [-0.2, -0.15) is 0 Å². The second-order valence-corrected chi connectivity index (χ2v) is 7.87. The molecule has 3 N–H and O–H groups in total. The van der Waals surface area contributed by atoms with Crippen molar-refractivity contribution in [2.24, 2.45) is 0 Å². The third-order valence-electron chi connectivity index (χ3n) is 3.95. The molecular weight excluding hydrogens is 412 g/mol. The minimum Gasteiger partial charge on any atom is -0.494 e. The highest BCUT2D eigenvalue weighted by atomic mass is 32.2. The topological polar surface area (TPSA) is 140 Å². The standard InChI is InChI=1S/C19H24N4O6S/c1-2-29-15-7-9-16(10-8-15)30(27,28)22-12-11-19(24)21-14-13-20-17-5-3-4-6-18(17)23(25)26/h3-10,20,22H,2,11-14H2,1H3,(H,21,24). The number of nitro benzene ring substituents is 1. The Hall–Kier alpha value is -3.18. The summed E-state index contributed by atoms with van der Waals surface area (Å²) in [6, 6.07) is 12.2. The summed E-state index contributed by atoms with van der Waals surface area (Å²) in [7, 11) is -3.72. The van der Waals surface area contributed by atoms with Crippen molar-refractivity contribution in [1.29, 1.82) is 0 Å². The van der Waals surface area contributed by atoms with Crippen molar-refractivity contribution < 1.29 is 22.9 Å². The number of hydrogen-bond acceptors (Lipinski definition) is 7. The van der Waals surface area contributed by atoms with Gasteiger partial charge in [0.25, 0.3) is 5.69 Å². The number of ether oxygens (including phenoxy) is 1. The molecular formula is C19H24N4O6S. The van der Waals surface area contributed by atoms with Gasteiger partial charge in [0, 0.05) is 32.1 Å². The average molecular weight is 436 g/mol. The molecule has 0 aliphatic heterocycles. The summed E-state index contributed by atoms with van der Waals surface area (Å²) in [6.07, 6.45) is -0.0399. The lowest BCUT2D eigenvalue weighted by atomic mass is 10.2. The first-order valence-corrected chi connectivity index (χ1v) is 10.8. The molecule has 2 aromatic rings.